The molecule has 0 atom stereocenters. The number of hydrogen-bond acceptors (Lipinski definition) is 2. The fraction of sp³-hybridized carbons (Fsp3) is 0.100. The lowest BCUT2D eigenvalue weighted by molar-refractivity contribution is 0.112. The van der Waals surface area contributed by atoms with Crippen LogP contribution in [0.2, 0.25) is 5.02 Å². The Bertz CT molecular complexity index is 490. The summed E-state index contributed by atoms with van der Waals surface area (Å²) >= 11 is 13.1. The predicted molar refractivity (Wildman–Crippen MR) is 61.8 cm³/mol. The molecule has 2 aromatic rings. The van der Waals surface area contributed by atoms with Crippen molar-refractivity contribution in [2.24, 2.45) is 0 Å². The highest BCUT2D eigenvalue weighted by molar-refractivity contribution is 7.20. The van der Waals surface area contributed by atoms with Gasteiger partial charge in [-0.3, -0.25) is 4.79 Å². The van der Waals surface area contributed by atoms with Crippen LogP contribution in [0.1, 0.15) is 15.2 Å². The highest BCUT2D eigenvalue weighted by Crippen LogP contribution is 2.31. The van der Waals surface area contributed by atoms with Gasteiger partial charge in [0.2, 0.25) is 0 Å². The first-order chi connectivity index (χ1) is 6.74. The van der Waals surface area contributed by atoms with E-state index < -0.39 is 0 Å². The van der Waals surface area contributed by atoms with Gasteiger partial charge < -0.3 is 0 Å². The normalized spacial score (nSPS) is 10.7. The number of benzene rings is 1. The van der Waals surface area contributed by atoms with Crippen LogP contribution in [0.3, 0.4) is 0 Å². The molecule has 0 aliphatic heterocycles. The van der Waals surface area contributed by atoms with Crippen molar-refractivity contribution in [1.29, 1.82) is 0 Å². The summed E-state index contributed by atoms with van der Waals surface area (Å²) in [5, 5.41) is 1.68. The molecule has 2 rings (SSSR count). The van der Waals surface area contributed by atoms with E-state index in [2.05, 4.69) is 0 Å². The third-order valence-corrected chi connectivity index (χ3v) is 3.48. The number of thiophene rings is 1. The van der Waals surface area contributed by atoms with Crippen molar-refractivity contribution in [1.82, 2.24) is 0 Å². The Labute approximate surface area is 95.3 Å². The molecule has 0 amide bonds. The molecule has 0 unspecified atom stereocenters. The molecule has 14 heavy (non-hydrogen) atoms. The van der Waals surface area contributed by atoms with Gasteiger partial charge in [0.1, 0.15) is 0 Å². The SMILES string of the molecule is O=Cc1cc2c(CCl)cc(Cl)cc2s1. The van der Waals surface area contributed by atoms with Gasteiger partial charge in [0, 0.05) is 15.6 Å². The Balaban J connectivity index is 2.77. The Morgan fingerprint density at radius 3 is 2.79 bits per heavy atom. The van der Waals surface area contributed by atoms with Crippen LogP contribution in [0.5, 0.6) is 0 Å². The Kier molecular flexibility index (Phi) is 2.77. The van der Waals surface area contributed by atoms with Crippen LogP contribution in [0.15, 0.2) is 18.2 Å². The lowest BCUT2D eigenvalue weighted by atomic mass is 10.1. The molecule has 72 valence electrons. The number of carbonyl (C=O) groups is 1. The molecule has 1 heterocycles. The van der Waals surface area contributed by atoms with E-state index in [4.69, 9.17) is 23.2 Å². The first-order valence-corrected chi connectivity index (χ1v) is 5.70. The van der Waals surface area contributed by atoms with Crippen LogP contribution in [0, 0.1) is 0 Å². The van der Waals surface area contributed by atoms with E-state index in [9.17, 15) is 4.79 Å². The molecule has 1 aromatic heterocycles. The minimum atomic E-state index is 0.409. The summed E-state index contributed by atoms with van der Waals surface area (Å²) in [5.41, 5.74) is 0.971. The summed E-state index contributed by atoms with van der Waals surface area (Å²) in [5.74, 6) is 0.409. The molecule has 0 saturated heterocycles. The first-order valence-electron chi connectivity index (χ1n) is 3.97. The van der Waals surface area contributed by atoms with Gasteiger partial charge in [-0.05, 0) is 29.1 Å². The quantitative estimate of drug-likeness (QED) is 0.574. The van der Waals surface area contributed by atoms with Gasteiger partial charge in [0.15, 0.2) is 6.29 Å². The number of aldehydes is 1. The van der Waals surface area contributed by atoms with Gasteiger partial charge in [-0.15, -0.1) is 22.9 Å². The van der Waals surface area contributed by atoms with E-state index in [0.717, 1.165) is 21.9 Å². The standard InChI is InChI=1S/C10H6Cl2OS/c11-4-6-1-7(12)2-10-9(6)3-8(5-13)14-10/h1-3,5H,4H2. The summed E-state index contributed by atoms with van der Waals surface area (Å²) in [6.07, 6.45) is 0.844. The second-order valence-electron chi connectivity index (χ2n) is 2.88. The minimum absolute atomic E-state index is 0.409. The summed E-state index contributed by atoms with van der Waals surface area (Å²) < 4.78 is 1.01. The molecule has 0 N–H and O–H groups in total. The minimum Gasteiger partial charge on any atom is -0.297 e. The Hall–Kier alpha value is -0.570. The van der Waals surface area contributed by atoms with Crippen molar-refractivity contribution in [2.75, 3.05) is 0 Å². The van der Waals surface area contributed by atoms with Crippen molar-refractivity contribution in [3.63, 3.8) is 0 Å². The number of halogens is 2. The number of carbonyl (C=O) groups excluding carboxylic acids is 1. The van der Waals surface area contributed by atoms with E-state index in [1.54, 1.807) is 0 Å². The van der Waals surface area contributed by atoms with Crippen LogP contribution >= 0.6 is 34.5 Å². The summed E-state index contributed by atoms with van der Waals surface area (Å²) in [6, 6.07) is 5.53. The highest BCUT2D eigenvalue weighted by atomic mass is 35.5. The lowest BCUT2D eigenvalue weighted by Gasteiger charge is -1.98. The average Bonchev–Trinajstić information content (AvgIpc) is 2.59. The van der Waals surface area contributed by atoms with Crippen LogP contribution in [-0.2, 0) is 5.88 Å². The predicted octanol–water partition coefficient (Wildman–Crippen LogP) is 4.11. The summed E-state index contributed by atoms with van der Waals surface area (Å²) in [4.78, 5) is 11.3. The highest BCUT2D eigenvalue weighted by Gasteiger charge is 2.06. The van der Waals surface area contributed by atoms with E-state index in [0.29, 0.717) is 15.8 Å². The van der Waals surface area contributed by atoms with Crippen LogP contribution < -0.4 is 0 Å². The maximum absolute atomic E-state index is 10.6. The number of fused-ring (bicyclic) bond motifs is 1. The molecule has 0 fully saturated rings. The van der Waals surface area contributed by atoms with E-state index in [1.165, 1.54) is 11.3 Å². The molecule has 0 saturated carbocycles. The molecule has 1 aromatic carbocycles. The lowest BCUT2D eigenvalue weighted by Crippen LogP contribution is -1.78. The zero-order chi connectivity index (χ0) is 10.1. The van der Waals surface area contributed by atoms with Crippen molar-refractivity contribution < 1.29 is 4.79 Å². The number of alkyl halides is 1. The van der Waals surface area contributed by atoms with Gasteiger partial charge in [-0.1, -0.05) is 11.6 Å². The zero-order valence-electron chi connectivity index (χ0n) is 7.09. The fourth-order valence-corrected chi connectivity index (χ4v) is 2.85. The fourth-order valence-electron chi connectivity index (χ4n) is 1.36. The van der Waals surface area contributed by atoms with Gasteiger partial charge in [-0.2, -0.15) is 0 Å². The van der Waals surface area contributed by atoms with Gasteiger partial charge in [0.25, 0.3) is 0 Å². The average molecular weight is 245 g/mol. The number of rotatable bonds is 2. The molecule has 1 nitrogen and oxygen atoms in total. The second-order valence-corrected chi connectivity index (χ2v) is 4.70. The zero-order valence-corrected chi connectivity index (χ0v) is 9.42. The third-order valence-electron chi connectivity index (χ3n) is 1.97. The molecular formula is C10H6Cl2OS. The van der Waals surface area contributed by atoms with E-state index in [1.807, 2.05) is 18.2 Å². The van der Waals surface area contributed by atoms with Crippen molar-refractivity contribution in [3.05, 3.63) is 33.7 Å². The van der Waals surface area contributed by atoms with Crippen molar-refractivity contribution in [3.8, 4) is 0 Å². The molecule has 0 aliphatic rings. The largest absolute Gasteiger partial charge is 0.297 e. The second kappa shape index (κ2) is 3.89. The monoisotopic (exact) mass is 244 g/mol. The summed E-state index contributed by atoms with van der Waals surface area (Å²) in [6.45, 7) is 0. The van der Waals surface area contributed by atoms with Crippen LogP contribution in [0.4, 0.5) is 0 Å². The third kappa shape index (κ3) is 1.65. The van der Waals surface area contributed by atoms with Crippen LogP contribution in [-0.4, -0.2) is 6.29 Å². The molecular weight excluding hydrogens is 239 g/mol. The maximum atomic E-state index is 10.6. The molecule has 4 heteroatoms. The smallest absolute Gasteiger partial charge is 0.160 e. The Morgan fingerprint density at radius 1 is 1.36 bits per heavy atom. The Morgan fingerprint density at radius 2 is 2.14 bits per heavy atom. The van der Waals surface area contributed by atoms with E-state index >= 15 is 0 Å². The molecule has 0 aliphatic carbocycles. The molecule has 0 spiro atoms. The van der Waals surface area contributed by atoms with Gasteiger partial charge >= 0.3 is 0 Å². The van der Waals surface area contributed by atoms with Crippen molar-refractivity contribution in [2.45, 2.75) is 5.88 Å². The first kappa shape index (κ1) is 9.97. The summed E-state index contributed by atoms with van der Waals surface area (Å²) in [7, 11) is 0. The van der Waals surface area contributed by atoms with Gasteiger partial charge in [-0.25, -0.2) is 0 Å². The molecule has 0 bridgehead atoms. The van der Waals surface area contributed by atoms with E-state index in [-0.39, 0.29) is 0 Å². The maximum Gasteiger partial charge on any atom is 0.160 e. The van der Waals surface area contributed by atoms with Crippen LogP contribution in [0.25, 0.3) is 10.1 Å². The topological polar surface area (TPSA) is 17.1 Å². The molecule has 0 radical (unpaired) electrons. The number of hydrogen-bond donors (Lipinski definition) is 0. The van der Waals surface area contributed by atoms with Crippen molar-refractivity contribution >= 4 is 50.9 Å². The van der Waals surface area contributed by atoms with Gasteiger partial charge in [0.05, 0.1) is 4.88 Å².